The Morgan fingerprint density at radius 1 is 1.04 bits per heavy atom. The summed E-state index contributed by atoms with van der Waals surface area (Å²) in [6.07, 6.45) is 8.59. The second-order valence-electron chi connectivity index (χ2n) is 8.07. The maximum Gasteiger partial charge on any atom is 0.315 e. The third-order valence-electron chi connectivity index (χ3n) is 6.18. The van der Waals surface area contributed by atoms with E-state index in [1.54, 1.807) is 0 Å². The van der Waals surface area contributed by atoms with E-state index in [0.29, 0.717) is 12.6 Å². The zero-order valence-corrected chi connectivity index (χ0v) is 15.6. The normalized spacial score (nSPS) is 24.7. The van der Waals surface area contributed by atoms with E-state index >= 15 is 0 Å². The number of ether oxygens (including phenoxy) is 1. The van der Waals surface area contributed by atoms with Crippen molar-refractivity contribution in [3.63, 3.8) is 0 Å². The number of amides is 2. The Balaban J connectivity index is 1.22. The maximum absolute atomic E-state index is 12.5. The Hall–Kier alpha value is -1.75. The molecular formula is C21H31N3O2. The summed E-state index contributed by atoms with van der Waals surface area (Å²) in [4.78, 5) is 15.1. The van der Waals surface area contributed by atoms with Gasteiger partial charge in [-0.2, -0.15) is 0 Å². The molecule has 0 spiro atoms. The highest BCUT2D eigenvalue weighted by Crippen LogP contribution is 2.31. The van der Waals surface area contributed by atoms with Crippen molar-refractivity contribution < 1.29 is 9.53 Å². The largest absolute Gasteiger partial charge is 0.493 e. The van der Waals surface area contributed by atoms with Crippen molar-refractivity contribution in [2.45, 2.75) is 57.0 Å². The summed E-state index contributed by atoms with van der Waals surface area (Å²) >= 11 is 0. The summed E-state index contributed by atoms with van der Waals surface area (Å²) in [6.45, 7) is 4.14. The van der Waals surface area contributed by atoms with E-state index in [4.69, 9.17) is 4.74 Å². The first-order valence-electron chi connectivity index (χ1n) is 10.3. The van der Waals surface area contributed by atoms with Crippen LogP contribution in [0.1, 0.15) is 56.6 Å². The smallest absolute Gasteiger partial charge is 0.315 e. The number of para-hydroxylation sites is 1. The Kier molecular flexibility index (Phi) is 5.63. The number of nitrogens with zero attached hydrogens (tertiary/aromatic N) is 1. The zero-order valence-electron chi connectivity index (χ0n) is 15.6. The van der Waals surface area contributed by atoms with Gasteiger partial charge in [-0.25, -0.2) is 4.79 Å². The molecule has 1 aromatic carbocycles. The van der Waals surface area contributed by atoms with Crippen molar-refractivity contribution in [3.8, 4) is 5.75 Å². The maximum atomic E-state index is 12.5. The van der Waals surface area contributed by atoms with Gasteiger partial charge in [-0.05, 0) is 37.7 Å². The molecule has 5 nitrogen and oxygen atoms in total. The number of carbonyl (C=O) groups is 1. The average molecular weight is 357 g/mol. The van der Waals surface area contributed by atoms with Crippen LogP contribution in [-0.2, 0) is 0 Å². The minimum atomic E-state index is -0.0408. The molecule has 142 valence electrons. The van der Waals surface area contributed by atoms with Crippen LogP contribution < -0.4 is 15.4 Å². The molecule has 26 heavy (non-hydrogen) atoms. The predicted molar refractivity (Wildman–Crippen MR) is 102 cm³/mol. The Morgan fingerprint density at radius 2 is 1.81 bits per heavy atom. The summed E-state index contributed by atoms with van der Waals surface area (Å²) in [7, 11) is 0. The molecule has 3 aliphatic rings. The van der Waals surface area contributed by atoms with Gasteiger partial charge in [0.1, 0.15) is 5.75 Å². The molecule has 5 heteroatoms. The van der Waals surface area contributed by atoms with Gasteiger partial charge in [-0.1, -0.05) is 31.0 Å². The molecule has 2 heterocycles. The van der Waals surface area contributed by atoms with E-state index in [-0.39, 0.29) is 12.1 Å². The highest BCUT2D eigenvalue weighted by atomic mass is 16.5. The summed E-state index contributed by atoms with van der Waals surface area (Å²) in [5.74, 6) is 1.81. The molecule has 4 rings (SSSR count). The fourth-order valence-electron chi connectivity index (χ4n) is 4.70. The van der Waals surface area contributed by atoms with E-state index in [0.717, 1.165) is 49.6 Å². The number of urea groups is 1. The SMILES string of the molecule is O=C(NC1CCN(CC2CCCC2)CC1)N[C@@H]1CCOc2ccccc21. The summed E-state index contributed by atoms with van der Waals surface area (Å²) in [6, 6.07) is 8.29. The van der Waals surface area contributed by atoms with Gasteiger partial charge in [-0.3, -0.25) is 0 Å². The standard InChI is InChI=1S/C21H31N3O2/c25-21(23-19-11-14-26-20-8-4-3-7-18(19)20)22-17-9-12-24(13-10-17)15-16-5-1-2-6-16/h3-4,7-8,16-17,19H,1-2,5-6,9-15H2,(H2,22,23,25)/t19-/m1/s1. The van der Waals surface area contributed by atoms with E-state index in [2.05, 4.69) is 15.5 Å². The van der Waals surface area contributed by atoms with Gasteiger partial charge in [0.2, 0.25) is 0 Å². The third-order valence-corrected chi connectivity index (χ3v) is 6.18. The second-order valence-corrected chi connectivity index (χ2v) is 8.07. The van der Waals surface area contributed by atoms with Crippen LogP contribution in [0.15, 0.2) is 24.3 Å². The van der Waals surface area contributed by atoms with Crippen molar-refractivity contribution in [2.24, 2.45) is 5.92 Å². The lowest BCUT2D eigenvalue weighted by Gasteiger charge is -2.34. The fraction of sp³-hybridized carbons (Fsp3) is 0.667. The molecular weight excluding hydrogens is 326 g/mol. The molecule has 1 aromatic rings. The lowest BCUT2D eigenvalue weighted by molar-refractivity contribution is 0.170. The van der Waals surface area contributed by atoms with Crippen LogP contribution in [0.4, 0.5) is 4.79 Å². The van der Waals surface area contributed by atoms with Gasteiger partial charge in [0.05, 0.1) is 12.6 Å². The molecule has 2 amide bonds. The van der Waals surface area contributed by atoms with Gasteiger partial charge < -0.3 is 20.3 Å². The molecule has 0 bridgehead atoms. The van der Waals surface area contributed by atoms with E-state index in [9.17, 15) is 4.79 Å². The van der Waals surface area contributed by atoms with E-state index in [1.165, 1.54) is 32.2 Å². The van der Waals surface area contributed by atoms with Crippen molar-refractivity contribution >= 4 is 6.03 Å². The van der Waals surface area contributed by atoms with Crippen LogP contribution in [0.25, 0.3) is 0 Å². The second kappa shape index (κ2) is 8.30. The average Bonchev–Trinajstić information content (AvgIpc) is 3.17. The first-order chi connectivity index (χ1) is 12.8. The molecule has 0 unspecified atom stereocenters. The van der Waals surface area contributed by atoms with Crippen LogP contribution in [0.5, 0.6) is 5.75 Å². The molecule has 1 saturated heterocycles. The minimum Gasteiger partial charge on any atom is -0.493 e. The molecule has 1 aliphatic carbocycles. The van der Waals surface area contributed by atoms with E-state index < -0.39 is 0 Å². The number of hydrogen-bond acceptors (Lipinski definition) is 3. The molecule has 0 radical (unpaired) electrons. The van der Waals surface area contributed by atoms with Gasteiger partial charge in [-0.15, -0.1) is 0 Å². The molecule has 2 N–H and O–H groups in total. The molecule has 2 fully saturated rings. The minimum absolute atomic E-state index is 0.0408. The van der Waals surface area contributed by atoms with Crippen molar-refractivity contribution in [1.82, 2.24) is 15.5 Å². The Labute approximate surface area is 156 Å². The highest BCUT2D eigenvalue weighted by Gasteiger charge is 2.26. The monoisotopic (exact) mass is 357 g/mol. The van der Waals surface area contributed by atoms with Crippen LogP contribution in [-0.4, -0.2) is 43.2 Å². The van der Waals surface area contributed by atoms with Crippen LogP contribution in [0.2, 0.25) is 0 Å². The van der Waals surface area contributed by atoms with Crippen LogP contribution in [0, 0.1) is 5.92 Å². The number of likely N-dealkylation sites (tertiary alicyclic amines) is 1. The Bertz CT molecular complexity index is 607. The lowest BCUT2D eigenvalue weighted by Crippen LogP contribution is -2.49. The summed E-state index contributed by atoms with van der Waals surface area (Å²) in [5.41, 5.74) is 1.08. The molecule has 0 aromatic heterocycles. The van der Waals surface area contributed by atoms with Crippen LogP contribution >= 0.6 is 0 Å². The Morgan fingerprint density at radius 3 is 2.62 bits per heavy atom. The van der Waals surface area contributed by atoms with Gasteiger partial charge in [0, 0.05) is 37.7 Å². The van der Waals surface area contributed by atoms with E-state index in [1.807, 2.05) is 24.3 Å². The predicted octanol–water partition coefficient (Wildman–Crippen LogP) is 3.46. The quantitative estimate of drug-likeness (QED) is 0.868. The number of benzene rings is 1. The number of rotatable bonds is 4. The van der Waals surface area contributed by atoms with Gasteiger partial charge >= 0.3 is 6.03 Å². The van der Waals surface area contributed by atoms with Crippen LogP contribution in [0.3, 0.4) is 0 Å². The number of nitrogens with one attached hydrogen (secondary N) is 2. The summed E-state index contributed by atoms with van der Waals surface area (Å²) in [5, 5.41) is 6.34. The topological polar surface area (TPSA) is 53.6 Å². The first kappa shape index (κ1) is 17.7. The van der Waals surface area contributed by atoms with Gasteiger partial charge in [0.25, 0.3) is 0 Å². The highest BCUT2D eigenvalue weighted by molar-refractivity contribution is 5.75. The number of hydrogen-bond donors (Lipinski definition) is 2. The fourth-order valence-corrected chi connectivity index (χ4v) is 4.70. The number of piperidine rings is 1. The van der Waals surface area contributed by atoms with Crippen molar-refractivity contribution in [2.75, 3.05) is 26.2 Å². The number of carbonyl (C=O) groups excluding carboxylic acids is 1. The zero-order chi connectivity index (χ0) is 17.8. The number of fused-ring (bicyclic) bond motifs is 1. The van der Waals surface area contributed by atoms with Gasteiger partial charge in [0.15, 0.2) is 0 Å². The lowest BCUT2D eigenvalue weighted by atomic mass is 10.0. The molecule has 1 atom stereocenters. The van der Waals surface area contributed by atoms with Crippen molar-refractivity contribution in [3.05, 3.63) is 29.8 Å². The molecule has 2 aliphatic heterocycles. The molecule has 1 saturated carbocycles. The first-order valence-corrected chi connectivity index (χ1v) is 10.3. The summed E-state index contributed by atoms with van der Waals surface area (Å²) < 4.78 is 5.67. The third kappa shape index (κ3) is 4.32. The van der Waals surface area contributed by atoms with Crippen molar-refractivity contribution in [1.29, 1.82) is 0 Å².